The second kappa shape index (κ2) is 9.18. The van der Waals surface area contributed by atoms with Crippen molar-refractivity contribution in [3.05, 3.63) is 24.0 Å². The Labute approximate surface area is 196 Å². The zero-order valence-corrected chi connectivity index (χ0v) is 19.1. The van der Waals surface area contributed by atoms with Crippen LogP contribution in [0.25, 0.3) is 11.3 Å². The van der Waals surface area contributed by atoms with Gasteiger partial charge in [-0.2, -0.15) is 8.78 Å². The molecule has 0 unspecified atom stereocenters. The van der Waals surface area contributed by atoms with Gasteiger partial charge in [0.25, 0.3) is 0 Å². The summed E-state index contributed by atoms with van der Waals surface area (Å²) in [5.41, 5.74) is 6.27. The van der Waals surface area contributed by atoms with E-state index in [1.165, 1.54) is 12.3 Å². The van der Waals surface area contributed by atoms with E-state index in [9.17, 15) is 13.2 Å². The molecule has 1 atom stereocenters. The molecule has 184 valence electrons. The van der Waals surface area contributed by atoms with Crippen molar-refractivity contribution in [2.24, 2.45) is 0 Å². The van der Waals surface area contributed by atoms with Crippen LogP contribution >= 0.6 is 0 Å². The largest absolute Gasteiger partial charge is 0.431 e. The number of nitrogens with two attached hydrogens (primary N) is 1. The van der Waals surface area contributed by atoms with E-state index in [1.807, 2.05) is 11.0 Å². The lowest BCUT2D eigenvalue weighted by Crippen LogP contribution is -2.49. The molecule has 0 amide bonds. The number of morpholine rings is 1. The highest BCUT2D eigenvalue weighted by atomic mass is 19.3. The fraction of sp³-hybridized carbons (Fsp3) is 0.609. The smallest absolute Gasteiger partial charge is 0.387 e. The number of anilines is 2. The third kappa shape index (κ3) is 4.90. The van der Waals surface area contributed by atoms with Crippen molar-refractivity contribution in [3.63, 3.8) is 0 Å². The molecule has 1 saturated carbocycles. The molecule has 2 N–H and O–H groups in total. The van der Waals surface area contributed by atoms with E-state index in [4.69, 9.17) is 15.5 Å². The molecule has 4 heterocycles. The summed E-state index contributed by atoms with van der Waals surface area (Å²) in [4.78, 5) is 17.8. The van der Waals surface area contributed by atoms with Gasteiger partial charge in [0.2, 0.25) is 5.95 Å². The average Bonchev–Trinajstić information content (AvgIpc) is 3.14. The average molecular weight is 479 g/mol. The first kappa shape index (κ1) is 23.1. The fourth-order valence-corrected chi connectivity index (χ4v) is 4.90. The molecular formula is C23H29F3N6O2. The second-order valence-electron chi connectivity index (χ2n) is 9.52. The van der Waals surface area contributed by atoms with Gasteiger partial charge in [-0.3, -0.25) is 4.90 Å². The van der Waals surface area contributed by atoms with Crippen LogP contribution in [-0.2, 0) is 4.74 Å². The summed E-state index contributed by atoms with van der Waals surface area (Å²) in [5, 5.41) is 0. The van der Waals surface area contributed by atoms with Crippen molar-refractivity contribution in [2.45, 2.75) is 50.4 Å². The number of nitrogens with zero attached hydrogens (tertiary/aromatic N) is 5. The summed E-state index contributed by atoms with van der Waals surface area (Å²) < 4.78 is 50.1. The number of rotatable bonds is 6. The van der Waals surface area contributed by atoms with Crippen molar-refractivity contribution in [2.75, 3.05) is 50.0 Å². The number of hydrogen-bond donors (Lipinski definition) is 1. The monoisotopic (exact) mass is 478 g/mol. The maximum absolute atomic E-state index is 14.6. The van der Waals surface area contributed by atoms with Crippen LogP contribution in [0.1, 0.15) is 37.8 Å². The molecule has 0 radical (unpaired) electrons. The zero-order chi connectivity index (χ0) is 23.9. The quantitative estimate of drug-likeness (QED) is 0.677. The number of halogens is 3. The van der Waals surface area contributed by atoms with E-state index in [0.717, 1.165) is 44.8 Å². The Balaban J connectivity index is 1.44. The lowest BCUT2D eigenvalue weighted by Gasteiger charge is -2.44. The maximum Gasteiger partial charge on any atom is 0.387 e. The molecular weight excluding hydrogens is 449 g/mol. The van der Waals surface area contributed by atoms with Crippen molar-refractivity contribution in [3.8, 4) is 17.0 Å². The van der Waals surface area contributed by atoms with E-state index in [-0.39, 0.29) is 24.0 Å². The van der Waals surface area contributed by atoms with Crippen LogP contribution in [0.3, 0.4) is 0 Å². The minimum Gasteiger partial charge on any atom is -0.431 e. The predicted octanol–water partition coefficient (Wildman–Crippen LogP) is 3.24. The Morgan fingerprint density at radius 3 is 2.62 bits per heavy atom. The third-order valence-corrected chi connectivity index (χ3v) is 6.93. The van der Waals surface area contributed by atoms with Gasteiger partial charge < -0.3 is 20.1 Å². The summed E-state index contributed by atoms with van der Waals surface area (Å²) in [7, 11) is 0. The molecule has 34 heavy (non-hydrogen) atoms. The lowest BCUT2D eigenvalue weighted by atomic mass is 9.77. The predicted molar refractivity (Wildman–Crippen MR) is 121 cm³/mol. The SMILES string of the molecule is C[C@@]1(F)CCN(c2nc(-c3cnc(N)c(OC(F)F)c3)cc([C@H]3C[C@@H](N4CCOCC4)C3)n2)C1. The van der Waals surface area contributed by atoms with Crippen LogP contribution in [0.15, 0.2) is 18.3 Å². The highest BCUT2D eigenvalue weighted by molar-refractivity contribution is 5.65. The van der Waals surface area contributed by atoms with Crippen LogP contribution in [0.2, 0.25) is 0 Å². The van der Waals surface area contributed by atoms with Gasteiger partial charge in [-0.1, -0.05) is 0 Å². The van der Waals surface area contributed by atoms with Crippen LogP contribution in [0, 0.1) is 0 Å². The molecule has 2 saturated heterocycles. The summed E-state index contributed by atoms with van der Waals surface area (Å²) in [6, 6.07) is 3.76. The Hall–Kier alpha value is -2.66. The molecule has 3 fully saturated rings. The number of nitrogen functional groups attached to an aromatic ring is 1. The first-order valence-electron chi connectivity index (χ1n) is 11.6. The maximum atomic E-state index is 14.6. The van der Waals surface area contributed by atoms with Gasteiger partial charge in [-0.05, 0) is 31.9 Å². The molecule has 2 aromatic heterocycles. The van der Waals surface area contributed by atoms with Crippen molar-refractivity contribution < 1.29 is 22.6 Å². The highest BCUT2D eigenvalue weighted by Crippen LogP contribution is 2.41. The van der Waals surface area contributed by atoms with Gasteiger partial charge >= 0.3 is 6.61 Å². The molecule has 2 aliphatic heterocycles. The van der Waals surface area contributed by atoms with Crippen LogP contribution in [0.5, 0.6) is 5.75 Å². The minimum atomic E-state index is -3.02. The highest BCUT2D eigenvalue weighted by Gasteiger charge is 2.38. The Morgan fingerprint density at radius 2 is 1.94 bits per heavy atom. The van der Waals surface area contributed by atoms with Crippen LogP contribution in [0.4, 0.5) is 24.9 Å². The number of ether oxygens (including phenoxy) is 2. The molecule has 3 aliphatic rings. The van der Waals surface area contributed by atoms with Crippen LogP contribution < -0.4 is 15.4 Å². The van der Waals surface area contributed by atoms with E-state index in [1.54, 1.807) is 6.92 Å². The van der Waals surface area contributed by atoms with Gasteiger partial charge in [0.1, 0.15) is 5.67 Å². The Kier molecular flexibility index (Phi) is 6.24. The van der Waals surface area contributed by atoms with Crippen molar-refractivity contribution in [1.82, 2.24) is 19.9 Å². The van der Waals surface area contributed by atoms with E-state index in [0.29, 0.717) is 36.2 Å². The molecule has 11 heteroatoms. The second-order valence-corrected chi connectivity index (χ2v) is 9.52. The Morgan fingerprint density at radius 1 is 1.18 bits per heavy atom. The summed E-state index contributed by atoms with van der Waals surface area (Å²) in [6.07, 6.45) is 3.81. The minimum absolute atomic E-state index is 0.126. The standard InChI is InChI=1S/C23H29F3N6O2/c1-23(26)2-3-32(13-23)22-29-17(14-8-16(9-14)31-4-6-33-7-5-31)11-18(30-22)15-10-19(34-21(24)25)20(27)28-12-15/h10-12,14,16,21H,2-9,13H2,1H3,(H2,27,28)/t14-,16+,23-/m1/s1. The molecule has 8 nitrogen and oxygen atoms in total. The molecule has 2 aromatic rings. The number of hydrogen-bond acceptors (Lipinski definition) is 8. The summed E-state index contributed by atoms with van der Waals surface area (Å²) in [5.74, 6) is 0.351. The van der Waals surface area contributed by atoms with E-state index in [2.05, 4.69) is 19.6 Å². The van der Waals surface area contributed by atoms with E-state index < -0.39 is 12.3 Å². The molecule has 0 bridgehead atoms. The van der Waals surface area contributed by atoms with Crippen LogP contribution in [-0.4, -0.2) is 77.6 Å². The molecule has 0 spiro atoms. The molecule has 0 aromatic carbocycles. The van der Waals surface area contributed by atoms with Gasteiger partial charge in [-0.25, -0.2) is 19.3 Å². The lowest BCUT2D eigenvalue weighted by molar-refractivity contribution is -0.0494. The zero-order valence-electron chi connectivity index (χ0n) is 19.1. The Bertz CT molecular complexity index is 1030. The first-order valence-corrected chi connectivity index (χ1v) is 11.6. The normalized spacial score (nSPS) is 27.7. The van der Waals surface area contributed by atoms with Gasteiger partial charge in [0, 0.05) is 55.5 Å². The number of pyridine rings is 1. The van der Waals surface area contributed by atoms with Crippen molar-refractivity contribution in [1.29, 1.82) is 0 Å². The van der Waals surface area contributed by atoms with Gasteiger partial charge in [0.15, 0.2) is 11.6 Å². The number of alkyl halides is 3. The topological polar surface area (TPSA) is 89.6 Å². The summed E-state index contributed by atoms with van der Waals surface area (Å²) >= 11 is 0. The first-order chi connectivity index (χ1) is 16.3. The van der Waals surface area contributed by atoms with Crippen molar-refractivity contribution >= 4 is 11.8 Å². The van der Waals surface area contributed by atoms with E-state index >= 15 is 0 Å². The summed E-state index contributed by atoms with van der Waals surface area (Å²) in [6.45, 7) is 2.66. The fourth-order valence-electron chi connectivity index (χ4n) is 4.90. The molecule has 5 rings (SSSR count). The molecule has 1 aliphatic carbocycles. The van der Waals surface area contributed by atoms with Gasteiger partial charge in [0.05, 0.1) is 25.5 Å². The van der Waals surface area contributed by atoms with Gasteiger partial charge in [-0.15, -0.1) is 0 Å². The number of aromatic nitrogens is 3. The third-order valence-electron chi connectivity index (χ3n) is 6.93.